The second-order valence-electron chi connectivity index (χ2n) is 4.04. The summed E-state index contributed by atoms with van der Waals surface area (Å²) in [6, 6.07) is 0. The van der Waals surface area contributed by atoms with Crippen molar-refractivity contribution in [1.82, 2.24) is 16.0 Å². The monoisotopic (exact) mass is 226 g/mol. The summed E-state index contributed by atoms with van der Waals surface area (Å²) >= 11 is 0. The Balaban J connectivity index is 2.64. The van der Waals surface area contributed by atoms with E-state index in [4.69, 9.17) is 0 Å². The van der Waals surface area contributed by atoms with E-state index < -0.39 is 17.2 Å². The molecular weight excluding hydrogens is 212 g/mol. The van der Waals surface area contributed by atoms with Gasteiger partial charge in [0.1, 0.15) is 0 Å². The molecule has 7 heteroatoms. The Morgan fingerprint density at radius 2 is 1.81 bits per heavy atom. The number of nitrogens with zero attached hydrogens (tertiary/aromatic N) is 1. The van der Waals surface area contributed by atoms with Gasteiger partial charge in [-0.05, 0) is 13.8 Å². The normalized spacial score (nSPS) is 15.6. The average Bonchev–Trinajstić information content (AvgIpc) is 2.54. The highest BCUT2D eigenvalue weighted by Gasteiger charge is 2.29. The first-order valence-electron chi connectivity index (χ1n) is 4.76. The number of carbonyl (C=O) groups excluding carboxylic acids is 3. The van der Waals surface area contributed by atoms with E-state index in [9.17, 15) is 14.4 Å². The van der Waals surface area contributed by atoms with Crippen LogP contribution in [0.3, 0.4) is 0 Å². The van der Waals surface area contributed by atoms with Crippen molar-refractivity contribution in [1.29, 1.82) is 0 Å². The lowest BCUT2D eigenvalue weighted by atomic mass is 9.93. The van der Waals surface area contributed by atoms with Gasteiger partial charge in [-0.15, -0.1) is 0 Å². The molecule has 0 radical (unpaired) electrons. The Morgan fingerprint density at radius 3 is 2.25 bits per heavy atom. The van der Waals surface area contributed by atoms with Crippen molar-refractivity contribution < 1.29 is 14.4 Å². The molecular formula is C9H14N4O3. The fraction of sp³-hybridized carbons (Fsp3) is 0.556. The smallest absolute Gasteiger partial charge is 0.316 e. The summed E-state index contributed by atoms with van der Waals surface area (Å²) in [6.07, 6.45) is 0. The average molecular weight is 226 g/mol. The second-order valence-corrected chi connectivity index (χ2v) is 4.04. The Labute approximate surface area is 92.7 Å². The molecule has 0 aromatic carbocycles. The van der Waals surface area contributed by atoms with Gasteiger partial charge in [-0.25, -0.2) is 0 Å². The van der Waals surface area contributed by atoms with Gasteiger partial charge >= 0.3 is 11.8 Å². The van der Waals surface area contributed by atoms with E-state index in [2.05, 4.69) is 20.9 Å². The molecule has 0 atom stereocenters. The summed E-state index contributed by atoms with van der Waals surface area (Å²) in [4.78, 5) is 37.0. The fourth-order valence-electron chi connectivity index (χ4n) is 1.13. The van der Waals surface area contributed by atoms with Crippen LogP contribution in [-0.2, 0) is 14.4 Å². The van der Waals surface area contributed by atoms with Gasteiger partial charge in [0, 0.05) is 7.05 Å². The van der Waals surface area contributed by atoms with Gasteiger partial charge in [-0.1, -0.05) is 0 Å². The maximum absolute atomic E-state index is 11.4. The van der Waals surface area contributed by atoms with Gasteiger partial charge < -0.3 is 5.32 Å². The molecule has 16 heavy (non-hydrogen) atoms. The molecule has 0 aliphatic carbocycles. The number of rotatable bonds is 3. The molecule has 3 amide bonds. The van der Waals surface area contributed by atoms with Crippen LogP contribution in [0.5, 0.6) is 0 Å². The van der Waals surface area contributed by atoms with Gasteiger partial charge in [0.05, 0.1) is 12.0 Å². The maximum Gasteiger partial charge on any atom is 0.316 e. The molecule has 0 aromatic rings. The van der Waals surface area contributed by atoms with Crippen molar-refractivity contribution in [2.24, 2.45) is 10.4 Å². The molecule has 7 nitrogen and oxygen atoms in total. The largest absolute Gasteiger partial charge is 0.359 e. The zero-order valence-electron chi connectivity index (χ0n) is 9.38. The summed E-state index contributed by atoms with van der Waals surface area (Å²) in [5.74, 6) is -1.55. The minimum atomic E-state index is -0.739. The first kappa shape index (κ1) is 12.2. The fourth-order valence-corrected chi connectivity index (χ4v) is 1.13. The summed E-state index contributed by atoms with van der Waals surface area (Å²) in [5.41, 5.74) is -0.695. The van der Waals surface area contributed by atoms with Crippen LogP contribution in [0.1, 0.15) is 13.8 Å². The van der Waals surface area contributed by atoms with E-state index in [1.165, 1.54) is 7.05 Å². The summed E-state index contributed by atoms with van der Waals surface area (Å²) < 4.78 is 0. The number of hydrogen-bond acceptors (Lipinski definition) is 4. The molecule has 1 saturated heterocycles. The Kier molecular flexibility index (Phi) is 3.26. The van der Waals surface area contributed by atoms with Crippen LogP contribution in [0.2, 0.25) is 0 Å². The predicted octanol–water partition coefficient (Wildman–Crippen LogP) is -1.64. The number of aliphatic imine (C=N–C) groups is 1. The van der Waals surface area contributed by atoms with Crippen molar-refractivity contribution in [2.75, 3.05) is 13.6 Å². The third-order valence-corrected chi connectivity index (χ3v) is 2.14. The maximum atomic E-state index is 11.4. The van der Waals surface area contributed by atoms with Gasteiger partial charge in [-0.2, -0.15) is 0 Å². The first-order valence-corrected chi connectivity index (χ1v) is 4.76. The predicted molar refractivity (Wildman–Crippen MR) is 56.4 cm³/mol. The van der Waals surface area contributed by atoms with E-state index in [1.807, 2.05) is 0 Å². The summed E-state index contributed by atoms with van der Waals surface area (Å²) in [5, 5.41) is 7.02. The van der Waals surface area contributed by atoms with Crippen molar-refractivity contribution in [2.45, 2.75) is 13.8 Å². The molecule has 1 fully saturated rings. The standard InChI is InChI=1S/C9H14N4O3/c1-9(2,7(16)10-3)4-11-8-12-5(14)6(15)13-8/h4H2,1-3H3,(H,10,16)(H2,11,12,13,14,15). The quantitative estimate of drug-likeness (QED) is 0.503. The van der Waals surface area contributed by atoms with E-state index in [-0.39, 0.29) is 18.4 Å². The van der Waals surface area contributed by atoms with Crippen LogP contribution in [0, 0.1) is 5.41 Å². The molecule has 0 aromatic heterocycles. The zero-order chi connectivity index (χ0) is 12.3. The SMILES string of the molecule is CNC(=O)C(C)(C)CN=C1NC(=O)C(=O)N1. The molecule has 0 saturated carbocycles. The van der Waals surface area contributed by atoms with Crippen molar-refractivity contribution in [3.05, 3.63) is 0 Å². The Hall–Kier alpha value is -1.92. The van der Waals surface area contributed by atoms with E-state index in [1.54, 1.807) is 13.8 Å². The van der Waals surface area contributed by atoms with E-state index in [0.717, 1.165) is 0 Å². The first-order chi connectivity index (χ1) is 7.36. The molecule has 1 heterocycles. The van der Waals surface area contributed by atoms with E-state index >= 15 is 0 Å². The van der Waals surface area contributed by atoms with Crippen molar-refractivity contribution in [3.63, 3.8) is 0 Å². The molecule has 1 aliphatic rings. The second kappa shape index (κ2) is 4.30. The minimum absolute atomic E-state index is 0.0898. The van der Waals surface area contributed by atoms with Gasteiger partial charge in [0.25, 0.3) is 0 Å². The lowest BCUT2D eigenvalue weighted by Gasteiger charge is -2.19. The minimum Gasteiger partial charge on any atom is -0.359 e. The number of hydrogen-bond donors (Lipinski definition) is 3. The Bertz CT molecular complexity index is 355. The summed E-state index contributed by atoms with van der Waals surface area (Å²) in [7, 11) is 1.54. The van der Waals surface area contributed by atoms with Gasteiger partial charge in [0.2, 0.25) is 11.9 Å². The molecule has 1 rings (SSSR count). The molecule has 1 aliphatic heterocycles. The molecule has 0 unspecified atom stereocenters. The summed E-state index contributed by atoms with van der Waals surface area (Å²) in [6.45, 7) is 3.60. The highest BCUT2D eigenvalue weighted by Crippen LogP contribution is 2.15. The van der Waals surface area contributed by atoms with Gasteiger partial charge in [-0.3, -0.25) is 30.0 Å². The molecule has 0 spiro atoms. The van der Waals surface area contributed by atoms with Crippen LogP contribution in [0.25, 0.3) is 0 Å². The highest BCUT2D eigenvalue weighted by molar-refractivity contribution is 6.45. The lowest BCUT2D eigenvalue weighted by Crippen LogP contribution is -2.38. The van der Waals surface area contributed by atoms with Crippen LogP contribution in [-0.4, -0.2) is 37.3 Å². The number of nitrogens with one attached hydrogen (secondary N) is 3. The van der Waals surface area contributed by atoms with Crippen LogP contribution in [0.4, 0.5) is 0 Å². The van der Waals surface area contributed by atoms with Crippen molar-refractivity contribution in [3.8, 4) is 0 Å². The topological polar surface area (TPSA) is 99.7 Å². The lowest BCUT2D eigenvalue weighted by molar-refractivity contribution is -0.135. The number of guanidine groups is 1. The van der Waals surface area contributed by atoms with Crippen LogP contribution >= 0.6 is 0 Å². The van der Waals surface area contributed by atoms with Crippen molar-refractivity contribution >= 4 is 23.7 Å². The highest BCUT2D eigenvalue weighted by atomic mass is 16.2. The van der Waals surface area contributed by atoms with Gasteiger partial charge in [0.15, 0.2) is 0 Å². The number of carbonyl (C=O) groups is 3. The molecule has 88 valence electrons. The molecule has 3 N–H and O–H groups in total. The number of amides is 3. The van der Waals surface area contributed by atoms with E-state index in [0.29, 0.717) is 0 Å². The van der Waals surface area contributed by atoms with Crippen LogP contribution in [0.15, 0.2) is 4.99 Å². The zero-order valence-corrected chi connectivity index (χ0v) is 9.38. The Morgan fingerprint density at radius 1 is 1.31 bits per heavy atom. The molecule has 0 bridgehead atoms. The third-order valence-electron chi connectivity index (χ3n) is 2.14. The third kappa shape index (κ3) is 2.56. The van der Waals surface area contributed by atoms with Crippen LogP contribution < -0.4 is 16.0 Å².